The van der Waals surface area contributed by atoms with E-state index in [1.165, 1.54) is 0 Å². The van der Waals surface area contributed by atoms with E-state index in [9.17, 15) is 0 Å². The van der Waals surface area contributed by atoms with E-state index in [0.717, 1.165) is 21.3 Å². The van der Waals surface area contributed by atoms with Gasteiger partial charge in [-0.2, -0.15) is 0 Å². The van der Waals surface area contributed by atoms with Crippen molar-refractivity contribution in [2.75, 3.05) is 0 Å². The maximum absolute atomic E-state index is 6.11. The van der Waals surface area contributed by atoms with Crippen molar-refractivity contribution in [1.82, 2.24) is 5.32 Å². The lowest BCUT2D eigenvalue weighted by Crippen LogP contribution is -2.50. The van der Waals surface area contributed by atoms with Crippen LogP contribution in [-0.4, -0.2) is 4.99 Å². The summed E-state index contributed by atoms with van der Waals surface area (Å²) < 4.78 is 7.13. The van der Waals surface area contributed by atoms with E-state index < -0.39 is 5.72 Å². The van der Waals surface area contributed by atoms with Gasteiger partial charge in [-0.15, -0.1) is 0 Å². The quantitative estimate of drug-likeness (QED) is 0.797. The fourth-order valence-electron chi connectivity index (χ4n) is 2.19. The number of para-hydroxylation sites is 1. The van der Waals surface area contributed by atoms with Gasteiger partial charge in [-0.05, 0) is 31.2 Å². The number of ether oxygens (including phenoxy) is 1. The zero-order valence-electron chi connectivity index (χ0n) is 10.3. The summed E-state index contributed by atoms with van der Waals surface area (Å²) in [5, 5.41) is 3.28. The van der Waals surface area contributed by atoms with Crippen LogP contribution in [0.25, 0.3) is 0 Å². The Morgan fingerprint density at radius 2 is 1.95 bits per heavy atom. The Kier molecular flexibility index (Phi) is 3.07. The summed E-state index contributed by atoms with van der Waals surface area (Å²) in [5.74, 6) is 0.814. The number of rotatable bonds is 1. The first-order valence-corrected chi connectivity index (χ1v) is 7.15. The van der Waals surface area contributed by atoms with E-state index in [0.29, 0.717) is 4.99 Å². The third-order valence-corrected chi connectivity index (χ3v) is 3.99. The minimum Gasteiger partial charge on any atom is -0.463 e. The van der Waals surface area contributed by atoms with E-state index in [1.54, 1.807) is 0 Å². The molecule has 19 heavy (non-hydrogen) atoms. The molecule has 0 saturated carbocycles. The van der Waals surface area contributed by atoms with Crippen LogP contribution in [0.4, 0.5) is 0 Å². The second-order valence-corrected chi connectivity index (χ2v) is 5.92. The van der Waals surface area contributed by atoms with Gasteiger partial charge in [0.05, 0.1) is 5.56 Å². The van der Waals surface area contributed by atoms with Crippen molar-refractivity contribution in [2.45, 2.75) is 12.6 Å². The van der Waals surface area contributed by atoms with Gasteiger partial charge in [0.25, 0.3) is 0 Å². The number of halogens is 1. The fourth-order valence-corrected chi connectivity index (χ4v) is 2.95. The first-order valence-electron chi connectivity index (χ1n) is 5.95. The van der Waals surface area contributed by atoms with Crippen LogP contribution in [-0.2, 0) is 5.72 Å². The number of hydrogen-bond donors (Lipinski definition) is 1. The first-order chi connectivity index (χ1) is 9.08. The molecule has 4 heteroatoms. The van der Waals surface area contributed by atoms with Crippen LogP contribution in [0.15, 0.2) is 53.0 Å². The monoisotopic (exact) mass is 333 g/mol. The Balaban J connectivity index is 2.06. The molecule has 0 bridgehead atoms. The summed E-state index contributed by atoms with van der Waals surface area (Å²) in [5.41, 5.74) is 1.32. The second kappa shape index (κ2) is 4.62. The van der Waals surface area contributed by atoms with Gasteiger partial charge in [0.1, 0.15) is 10.7 Å². The van der Waals surface area contributed by atoms with E-state index in [2.05, 4.69) is 21.2 Å². The molecule has 0 spiro atoms. The molecule has 2 aromatic rings. The van der Waals surface area contributed by atoms with Crippen molar-refractivity contribution >= 4 is 33.1 Å². The maximum atomic E-state index is 6.11. The van der Waals surface area contributed by atoms with Crippen LogP contribution in [0.5, 0.6) is 5.75 Å². The molecule has 96 valence electrons. The van der Waals surface area contributed by atoms with Crippen LogP contribution < -0.4 is 10.1 Å². The molecule has 1 aliphatic rings. The summed E-state index contributed by atoms with van der Waals surface area (Å²) >= 11 is 8.92. The molecule has 1 unspecified atom stereocenters. The molecule has 0 radical (unpaired) electrons. The Bertz CT molecular complexity index is 658. The van der Waals surface area contributed by atoms with Crippen molar-refractivity contribution in [3.63, 3.8) is 0 Å². The molecule has 0 aromatic heterocycles. The van der Waals surface area contributed by atoms with Crippen molar-refractivity contribution in [3.8, 4) is 5.75 Å². The van der Waals surface area contributed by atoms with E-state index in [4.69, 9.17) is 17.0 Å². The summed E-state index contributed by atoms with van der Waals surface area (Å²) in [6.45, 7) is 1.98. The maximum Gasteiger partial charge on any atom is 0.204 e. The topological polar surface area (TPSA) is 21.3 Å². The molecule has 2 aromatic carbocycles. The molecule has 1 N–H and O–H groups in total. The van der Waals surface area contributed by atoms with Gasteiger partial charge in [0, 0.05) is 10.0 Å². The predicted octanol–water partition coefficient (Wildman–Crippen LogP) is 3.98. The molecule has 1 atom stereocenters. The lowest BCUT2D eigenvalue weighted by molar-refractivity contribution is 0.0647. The Morgan fingerprint density at radius 1 is 1.16 bits per heavy atom. The van der Waals surface area contributed by atoms with Crippen LogP contribution in [0.2, 0.25) is 0 Å². The highest BCUT2D eigenvalue weighted by Gasteiger charge is 2.35. The van der Waals surface area contributed by atoms with E-state index in [1.807, 2.05) is 55.5 Å². The van der Waals surface area contributed by atoms with Crippen molar-refractivity contribution in [1.29, 1.82) is 0 Å². The van der Waals surface area contributed by atoms with Gasteiger partial charge in [-0.25, -0.2) is 0 Å². The first kappa shape index (κ1) is 12.6. The second-order valence-electron chi connectivity index (χ2n) is 4.60. The molecule has 2 nitrogen and oxygen atoms in total. The average molecular weight is 334 g/mol. The number of thiocarbonyl (C=S) groups is 1. The van der Waals surface area contributed by atoms with Crippen molar-refractivity contribution in [3.05, 3.63) is 64.1 Å². The molecule has 0 fully saturated rings. The SMILES string of the molecule is CC1(c2cccc(Br)c2)NC(=S)c2ccccc2O1. The lowest BCUT2D eigenvalue weighted by atomic mass is 10.0. The Hall–Kier alpha value is -1.39. The van der Waals surface area contributed by atoms with Gasteiger partial charge in [0.15, 0.2) is 0 Å². The Labute approximate surface area is 125 Å². The van der Waals surface area contributed by atoms with Crippen molar-refractivity contribution < 1.29 is 4.74 Å². The van der Waals surface area contributed by atoms with Gasteiger partial charge in [-0.3, -0.25) is 0 Å². The van der Waals surface area contributed by atoms with Gasteiger partial charge < -0.3 is 10.1 Å². The van der Waals surface area contributed by atoms with Gasteiger partial charge >= 0.3 is 0 Å². The zero-order chi connectivity index (χ0) is 13.5. The summed E-state index contributed by atoms with van der Waals surface area (Å²) in [4.78, 5) is 0.712. The van der Waals surface area contributed by atoms with E-state index >= 15 is 0 Å². The van der Waals surface area contributed by atoms with Crippen LogP contribution >= 0.6 is 28.1 Å². The molecule has 1 heterocycles. The third-order valence-electron chi connectivity index (χ3n) is 3.17. The predicted molar refractivity (Wildman–Crippen MR) is 83.4 cm³/mol. The summed E-state index contributed by atoms with van der Waals surface area (Å²) in [7, 11) is 0. The fraction of sp³-hybridized carbons (Fsp3) is 0.133. The summed E-state index contributed by atoms with van der Waals surface area (Å²) in [6, 6.07) is 15.8. The number of fused-ring (bicyclic) bond motifs is 1. The number of hydrogen-bond acceptors (Lipinski definition) is 2. The highest BCUT2D eigenvalue weighted by molar-refractivity contribution is 9.10. The van der Waals surface area contributed by atoms with E-state index in [-0.39, 0.29) is 0 Å². The zero-order valence-corrected chi connectivity index (χ0v) is 12.7. The standard InChI is InChI=1S/C15H12BrNOS/c1-15(10-5-4-6-11(16)9-10)17-14(19)12-7-2-3-8-13(12)18-15/h2-9H,1H3,(H,17,19). The van der Waals surface area contributed by atoms with Crippen LogP contribution in [0.3, 0.4) is 0 Å². The largest absolute Gasteiger partial charge is 0.463 e. The van der Waals surface area contributed by atoms with Gasteiger partial charge in [-0.1, -0.05) is 52.4 Å². The normalized spacial score (nSPS) is 21.3. The molecule has 1 aliphatic heterocycles. The minimum absolute atomic E-state index is 0.644. The Morgan fingerprint density at radius 3 is 2.74 bits per heavy atom. The smallest absolute Gasteiger partial charge is 0.204 e. The molecule has 0 amide bonds. The van der Waals surface area contributed by atoms with Gasteiger partial charge in [0.2, 0.25) is 5.72 Å². The number of nitrogens with one attached hydrogen (secondary N) is 1. The van der Waals surface area contributed by atoms with Crippen LogP contribution in [0, 0.1) is 0 Å². The molecular formula is C15H12BrNOS. The van der Waals surface area contributed by atoms with Crippen molar-refractivity contribution in [2.24, 2.45) is 0 Å². The molecule has 3 rings (SSSR count). The lowest BCUT2D eigenvalue weighted by Gasteiger charge is -2.38. The molecular weight excluding hydrogens is 322 g/mol. The minimum atomic E-state index is -0.644. The highest BCUT2D eigenvalue weighted by Crippen LogP contribution is 2.34. The third kappa shape index (κ3) is 2.26. The summed E-state index contributed by atoms with van der Waals surface area (Å²) in [6.07, 6.45) is 0. The number of benzene rings is 2. The van der Waals surface area contributed by atoms with Crippen LogP contribution in [0.1, 0.15) is 18.1 Å². The average Bonchev–Trinajstić information content (AvgIpc) is 2.38. The molecule has 0 aliphatic carbocycles. The highest BCUT2D eigenvalue weighted by atomic mass is 79.9. The molecule has 0 saturated heterocycles.